The van der Waals surface area contributed by atoms with E-state index < -0.39 is 12.6 Å². The summed E-state index contributed by atoms with van der Waals surface area (Å²) in [7, 11) is 1.71. The Morgan fingerprint density at radius 1 is 1.13 bits per heavy atom. The van der Waals surface area contributed by atoms with Crippen molar-refractivity contribution < 1.29 is 8.78 Å². The Morgan fingerprint density at radius 3 is 2.63 bits per heavy atom. The largest absolute Gasteiger partial charge is 0.373 e. The maximum absolute atomic E-state index is 14.3. The number of rotatable bonds is 6. The van der Waals surface area contributed by atoms with Gasteiger partial charge in [0.05, 0.1) is 23.4 Å². The number of hydrogen-bond donors (Lipinski definition) is 2. The van der Waals surface area contributed by atoms with Gasteiger partial charge in [0.1, 0.15) is 11.5 Å². The molecular weight excluding hydrogens is 390 g/mol. The number of fused-ring (bicyclic) bond motifs is 1. The maximum atomic E-state index is 14.3. The Morgan fingerprint density at radius 2 is 1.93 bits per heavy atom. The van der Waals surface area contributed by atoms with Crippen LogP contribution in [0.5, 0.6) is 0 Å². The van der Waals surface area contributed by atoms with Crippen molar-refractivity contribution in [2.24, 2.45) is 0 Å². The first-order chi connectivity index (χ1) is 14.6. The molecule has 0 amide bonds. The van der Waals surface area contributed by atoms with Crippen molar-refractivity contribution in [3.63, 3.8) is 0 Å². The fraction of sp³-hybridized carbons (Fsp3) is 0.381. The van der Waals surface area contributed by atoms with E-state index >= 15 is 0 Å². The van der Waals surface area contributed by atoms with Crippen LogP contribution in [-0.2, 0) is 13.0 Å². The standard InChI is InChI=1S/C21H24F2N6O/c1-24-19-5-4-18(20(23)27-19)29-10-8-28(9-11-29)13-14-2-3-15-17(12-14)26-21(30)16(25-15)6-7-22/h2-5,12H,6-11,13H2,1H3,(H,24,27)(H,26,30). The van der Waals surface area contributed by atoms with Gasteiger partial charge in [0.15, 0.2) is 0 Å². The van der Waals surface area contributed by atoms with E-state index in [1.165, 1.54) is 0 Å². The molecule has 1 aromatic carbocycles. The molecule has 3 aromatic rings. The lowest BCUT2D eigenvalue weighted by Gasteiger charge is -2.36. The first-order valence-electron chi connectivity index (χ1n) is 9.97. The van der Waals surface area contributed by atoms with E-state index in [-0.39, 0.29) is 17.7 Å². The van der Waals surface area contributed by atoms with Crippen molar-refractivity contribution in [1.82, 2.24) is 19.9 Å². The van der Waals surface area contributed by atoms with Gasteiger partial charge in [0, 0.05) is 46.2 Å². The van der Waals surface area contributed by atoms with E-state index in [1.54, 1.807) is 19.2 Å². The van der Waals surface area contributed by atoms with Crippen LogP contribution in [0.4, 0.5) is 20.3 Å². The summed E-state index contributed by atoms with van der Waals surface area (Å²) in [5.74, 6) is 0.0453. The van der Waals surface area contributed by atoms with Gasteiger partial charge in [-0.25, -0.2) is 9.97 Å². The predicted octanol–water partition coefficient (Wildman–Crippen LogP) is 2.33. The van der Waals surface area contributed by atoms with Crippen LogP contribution in [0, 0.1) is 5.95 Å². The molecule has 3 heterocycles. The van der Waals surface area contributed by atoms with Crippen molar-refractivity contribution in [2.45, 2.75) is 13.0 Å². The lowest BCUT2D eigenvalue weighted by atomic mass is 10.1. The molecule has 0 aliphatic carbocycles. The maximum Gasteiger partial charge on any atom is 0.270 e. The number of alkyl halides is 1. The zero-order valence-electron chi connectivity index (χ0n) is 16.8. The second kappa shape index (κ2) is 8.74. The van der Waals surface area contributed by atoms with Gasteiger partial charge in [-0.2, -0.15) is 4.39 Å². The van der Waals surface area contributed by atoms with Gasteiger partial charge >= 0.3 is 0 Å². The molecule has 1 saturated heterocycles. The van der Waals surface area contributed by atoms with Crippen LogP contribution in [0.15, 0.2) is 35.1 Å². The van der Waals surface area contributed by atoms with E-state index in [0.717, 1.165) is 25.2 Å². The van der Waals surface area contributed by atoms with Gasteiger partial charge in [0.2, 0.25) is 5.95 Å². The fourth-order valence-electron chi connectivity index (χ4n) is 3.74. The van der Waals surface area contributed by atoms with Crippen LogP contribution >= 0.6 is 0 Å². The minimum Gasteiger partial charge on any atom is -0.373 e. The van der Waals surface area contributed by atoms with E-state index in [2.05, 4.69) is 25.2 Å². The Balaban J connectivity index is 1.42. The summed E-state index contributed by atoms with van der Waals surface area (Å²) in [6, 6.07) is 9.26. The third-order valence-electron chi connectivity index (χ3n) is 5.36. The number of nitrogens with one attached hydrogen (secondary N) is 2. The Kier molecular flexibility index (Phi) is 5.89. The number of nitrogens with zero attached hydrogens (tertiary/aromatic N) is 4. The van der Waals surface area contributed by atoms with Crippen LogP contribution in [-0.4, -0.2) is 59.8 Å². The molecule has 0 radical (unpaired) electrons. The number of hydrogen-bond acceptors (Lipinski definition) is 6. The summed E-state index contributed by atoms with van der Waals surface area (Å²) in [5.41, 5.74) is 2.75. The SMILES string of the molecule is CNc1ccc(N2CCN(Cc3ccc4nc(CCF)c(=O)[nH]c4c3)CC2)c(F)n1. The van der Waals surface area contributed by atoms with Crippen LogP contribution in [0.3, 0.4) is 0 Å². The molecule has 0 saturated carbocycles. The number of aryl methyl sites for hydroxylation is 1. The summed E-state index contributed by atoms with van der Waals surface area (Å²) >= 11 is 0. The minimum atomic E-state index is -0.606. The monoisotopic (exact) mass is 414 g/mol. The molecule has 1 aliphatic rings. The number of benzene rings is 1. The van der Waals surface area contributed by atoms with Gasteiger partial charge in [-0.05, 0) is 29.8 Å². The minimum absolute atomic E-state index is 0.0189. The molecule has 4 rings (SSSR count). The molecule has 0 spiro atoms. The highest BCUT2D eigenvalue weighted by molar-refractivity contribution is 5.74. The second-order valence-electron chi connectivity index (χ2n) is 7.32. The van der Waals surface area contributed by atoms with Crippen LogP contribution in [0.1, 0.15) is 11.3 Å². The molecule has 158 valence electrons. The van der Waals surface area contributed by atoms with Gasteiger partial charge < -0.3 is 15.2 Å². The molecule has 0 bridgehead atoms. The highest BCUT2D eigenvalue weighted by atomic mass is 19.1. The lowest BCUT2D eigenvalue weighted by molar-refractivity contribution is 0.249. The first-order valence-corrected chi connectivity index (χ1v) is 9.97. The molecule has 2 N–H and O–H groups in total. The topological polar surface area (TPSA) is 77.1 Å². The molecule has 0 unspecified atom stereocenters. The molecule has 9 heteroatoms. The van der Waals surface area contributed by atoms with E-state index in [9.17, 15) is 13.6 Å². The molecule has 1 aliphatic heterocycles. The van der Waals surface area contributed by atoms with Crippen molar-refractivity contribution >= 4 is 22.5 Å². The molecule has 0 atom stereocenters. The zero-order chi connectivity index (χ0) is 21.1. The third kappa shape index (κ3) is 4.25. The summed E-state index contributed by atoms with van der Waals surface area (Å²) < 4.78 is 26.8. The molecule has 30 heavy (non-hydrogen) atoms. The third-order valence-corrected chi connectivity index (χ3v) is 5.36. The van der Waals surface area contributed by atoms with Crippen molar-refractivity contribution in [3.05, 3.63) is 57.9 Å². The van der Waals surface area contributed by atoms with E-state index in [4.69, 9.17) is 0 Å². The van der Waals surface area contributed by atoms with Gasteiger partial charge in [-0.1, -0.05) is 6.07 Å². The van der Waals surface area contributed by atoms with Crippen LogP contribution < -0.4 is 15.8 Å². The summed E-state index contributed by atoms with van der Waals surface area (Å²) in [4.78, 5) is 27.3. The highest BCUT2D eigenvalue weighted by Crippen LogP contribution is 2.22. The number of anilines is 2. The number of aromatic nitrogens is 3. The van der Waals surface area contributed by atoms with Gasteiger partial charge in [-0.15, -0.1) is 0 Å². The highest BCUT2D eigenvalue weighted by Gasteiger charge is 2.20. The zero-order valence-corrected chi connectivity index (χ0v) is 16.8. The average molecular weight is 414 g/mol. The molecular formula is C21H24F2N6O. The molecule has 1 fully saturated rings. The van der Waals surface area contributed by atoms with Gasteiger partial charge in [-0.3, -0.25) is 14.1 Å². The fourth-order valence-corrected chi connectivity index (χ4v) is 3.74. The summed E-state index contributed by atoms with van der Waals surface area (Å²) in [5, 5.41) is 2.84. The van der Waals surface area contributed by atoms with Crippen LogP contribution in [0.25, 0.3) is 11.0 Å². The number of piperazine rings is 1. The lowest BCUT2D eigenvalue weighted by Crippen LogP contribution is -2.46. The van der Waals surface area contributed by atoms with Gasteiger partial charge in [0.25, 0.3) is 5.56 Å². The summed E-state index contributed by atoms with van der Waals surface area (Å²) in [6.45, 7) is 3.10. The normalized spacial score (nSPS) is 15.0. The quantitative estimate of drug-likeness (QED) is 0.603. The van der Waals surface area contributed by atoms with Crippen molar-refractivity contribution in [1.29, 1.82) is 0 Å². The predicted molar refractivity (Wildman–Crippen MR) is 113 cm³/mol. The van der Waals surface area contributed by atoms with E-state index in [0.29, 0.717) is 35.6 Å². The Hall–Kier alpha value is -3.07. The second-order valence-corrected chi connectivity index (χ2v) is 7.32. The molecule has 7 nitrogen and oxygen atoms in total. The molecule has 2 aromatic heterocycles. The van der Waals surface area contributed by atoms with E-state index in [1.807, 2.05) is 23.1 Å². The Labute approximate surface area is 172 Å². The Bertz CT molecular complexity index is 1090. The van der Waals surface area contributed by atoms with Crippen molar-refractivity contribution in [3.8, 4) is 0 Å². The smallest absolute Gasteiger partial charge is 0.270 e. The number of pyridine rings is 1. The number of H-pyrrole nitrogens is 1. The van der Waals surface area contributed by atoms with Crippen LogP contribution in [0.2, 0.25) is 0 Å². The first kappa shape index (κ1) is 20.2. The summed E-state index contributed by atoms with van der Waals surface area (Å²) in [6.07, 6.45) is 0.0189. The average Bonchev–Trinajstić information content (AvgIpc) is 2.75. The number of halogens is 2. The number of aromatic amines is 1. The van der Waals surface area contributed by atoms with Crippen molar-refractivity contribution in [2.75, 3.05) is 50.1 Å².